The summed E-state index contributed by atoms with van der Waals surface area (Å²) in [5.41, 5.74) is 1.60. The summed E-state index contributed by atoms with van der Waals surface area (Å²) in [4.78, 5) is 24.3. The number of nitrogens with zero attached hydrogens (tertiary/aromatic N) is 3. The fraction of sp³-hybridized carbons (Fsp3) is 0.263. The lowest BCUT2D eigenvalue weighted by molar-refractivity contribution is -0.119. The molecule has 1 aliphatic heterocycles. The first-order valence-corrected chi connectivity index (χ1v) is 11.3. The van der Waals surface area contributed by atoms with Gasteiger partial charge in [0.1, 0.15) is 22.0 Å². The first-order valence-electron chi connectivity index (χ1n) is 9.17. The van der Waals surface area contributed by atoms with Gasteiger partial charge in [0, 0.05) is 12.2 Å². The maximum absolute atomic E-state index is 13.3. The van der Waals surface area contributed by atoms with Gasteiger partial charge in [0.2, 0.25) is 15.9 Å². The van der Waals surface area contributed by atoms with Gasteiger partial charge in [-0.1, -0.05) is 12.1 Å². The molecule has 1 amide bonds. The van der Waals surface area contributed by atoms with E-state index in [1.165, 1.54) is 22.5 Å². The number of amides is 1. The van der Waals surface area contributed by atoms with Gasteiger partial charge in [0.05, 0.1) is 17.3 Å². The number of hydrogen-bond acceptors (Lipinski definition) is 7. The van der Waals surface area contributed by atoms with Crippen molar-refractivity contribution < 1.29 is 23.1 Å². The van der Waals surface area contributed by atoms with Gasteiger partial charge in [-0.2, -0.15) is 13.1 Å². The Kier molecular flexibility index (Phi) is 5.26. The lowest BCUT2D eigenvalue weighted by Gasteiger charge is -2.24. The zero-order chi connectivity index (χ0) is 21.5. The van der Waals surface area contributed by atoms with Crippen LogP contribution in [0.5, 0.6) is 0 Å². The molecule has 1 fully saturated rings. The van der Waals surface area contributed by atoms with E-state index in [-0.39, 0.29) is 17.0 Å². The number of aromatic nitrogens is 2. The molecule has 2 N–H and O–H groups in total. The van der Waals surface area contributed by atoms with Crippen LogP contribution < -0.4 is 5.32 Å². The van der Waals surface area contributed by atoms with E-state index in [0.717, 1.165) is 11.7 Å². The molecule has 2 heterocycles. The fourth-order valence-electron chi connectivity index (χ4n) is 3.62. The van der Waals surface area contributed by atoms with Crippen molar-refractivity contribution in [3.05, 3.63) is 47.5 Å². The summed E-state index contributed by atoms with van der Waals surface area (Å²) in [6.07, 6.45) is 0.908. The highest BCUT2D eigenvalue weighted by atomic mass is 32.2. The van der Waals surface area contributed by atoms with Gasteiger partial charge in [-0.3, -0.25) is 4.79 Å². The van der Waals surface area contributed by atoms with Crippen LogP contribution in [0.25, 0.3) is 11.0 Å². The molecule has 156 valence electrons. The van der Waals surface area contributed by atoms with Crippen molar-refractivity contribution in [2.45, 2.75) is 30.7 Å². The van der Waals surface area contributed by atoms with Crippen LogP contribution in [-0.2, 0) is 14.8 Å². The zero-order valence-corrected chi connectivity index (χ0v) is 17.5. The average Bonchev–Trinajstić information content (AvgIpc) is 3.38. The number of carbonyl (C=O) groups excluding carboxylic acids is 1. The third-order valence-corrected chi connectivity index (χ3v) is 7.65. The van der Waals surface area contributed by atoms with Crippen LogP contribution in [0.1, 0.15) is 28.8 Å². The quantitative estimate of drug-likeness (QED) is 0.616. The largest absolute Gasteiger partial charge is 0.478 e. The summed E-state index contributed by atoms with van der Waals surface area (Å²) < 4.78 is 36.0. The van der Waals surface area contributed by atoms with Gasteiger partial charge in [-0.25, -0.2) is 13.2 Å². The molecule has 0 unspecified atom stereocenters. The minimum absolute atomic E-state index is 0.0255. The van der Waals surface area contributed by atoms with Gasteiger partial charge in [0.25, 0.3) is 0 Å². The molecule has 2 aromatic carbocycles. The number of benzene rings is 2. The minimum Gasteiger partial charge on any atom is -0.478 e. The summed E-state index contributed by atoms with van der Waals surface area (Å²) in [6.45, 7) is 1.81. The predicted molar refractivity (Wildman–Crippen MR) is 111 cm³/mol. The molecular formula is C19H18N4O5S2. The van der Waals surface area contributed by atoms with Gasteiger partial charge < -0.3 is 10.4 Å². The first kappa shape index (κ1) is 20.4. The molecule has 1 aliphatic rings. The second kappa shape index (κ2) is 7.74. The second-order valence-electron chi connectivity index (χ2n) is 6.93. The molecule has 3 aromatic rings. The predicted octanol–water partition coefficient (Wildman–Crippen LogP) is 2.49. The van der Waals surface area contributed by atoms with E-state index in [4.69, 9.17) is 0 Å². The summed E-state index contributed by atoms with van der Waals surface area (Å²) in [6, 6.07) is 8.42. The van der Waals surface area contributed by atoms with Gasteiger partial charge >= 0.3 is 5.97 Å². The van der Waals surface area contributed by atoms with Gasteiger partial charge in [0.15, 0.2) is 0 Å². The van der Waals surface area contributed by atoms with Crippen molar-refractivity contribution in [1.82, 2.24) is 13.1 Å². The first-order chi connectivity index (χ1) is 14.3. The summed E-state index contributed by atoms with van der Waals surface area (Å²) in [5.74, 6) is -1.59. The molecule has 11 heteroatoms. The minimum atomic E-state index is -3.97. The number of hydrogen-bond donors (Lipinski definition) is 2. The van der Waals surface area contributed by atoms with Crippen LogP contribution in [0.4, 0.5) is 5.69 Å². The highest BCUT2D eigenvalue weighted by Crippen LogP contribution is 2.31. The van der Waals surface area contributed by atoms with Crippen LogP contribution in [0.15, 0.2) is 41.3 Å². The summed E-state index contributed by atoms with van der Waals surface area (Å²) in [7, 11) is -3.97. The molecule has 0 aliphatic carbocycles. The summed E-state index contributed by atoms with van der Waals surface area (Å²) >= 11 is 0.930. The zero-order valence-electron chi connectivity index (χ0n) is 15.9. The molecule has 30 heavy (non-hydrogen) atoms. The van der Waals surface area contributed by atoms with E-state index in [0.29, 0.717) is 35.1 Å². The molecule has 0 bridgehead atoms. The van der Waals surface area contributed by atoms with Crippen molar-refractivity contribution in [3.63, 3.8) is 0 Å². The Labute approximate surface area is 176 Å². The van der Waals surface area contributed by atoms with Gasteiger partial charge in [-0.05, 0) is 49.6 Å². The number of carboxylic acid groups (broad SMARTS) is 1. The van der Waals surface area contributed by atoms with E-state index in [1.54, 1.807) is 25.1 Å². The van der Waals surface area contributed by atoms with Crippen molar-refractivity contribution >= 4 is 50.3 Å². The maximum Gasteiger partial charge on any atom is 0.336 e. The highest BCUT2D eigenvalue weighted by molar-refractivity contribution is 7.89. The normalized spacial score (nSPS) is 17.3. The topological polar surface area (TPSA) is 130 Å². The van der Waals surface area contributed by atoms with Crippen LogP contribution in [0, 0.1) is 6.92 Å². The number of nitrogens with one attached hydrogen (secondary N) is 1. The highest BCUT2D eigenvalue weighted by Gasteiger charge is 2.40. The Morgan fingerprint density at radius 1 is 1.20 bits per heavy atom. The monoisotopic (exact) mass is 446 g/mol. The number of anilines is 1. The van der Waals surface area contributed by atoms with E-state index >= 15 is 0 Å². The Morgan fingerprint density at radius 3 is 2.73 bits per heavy atom. The lowest BCUT2D eigenvalue weighted by Crippen LogP contribution is -2.43. The maximum atomic E-state index is 13.3. The SMILES string of the molecule is Cc1c(NC(=O)[C@H]2CCCN2S(=O)(=O)c2cccc3nsnc23)cccc1C(=O)O. The van der Waals surface area contributed by atoms with E-state index in [9.17, 15) is 23.1 Å². The fourth-order valence-corrected chi connectivity index (χ4v) is 6.04. The molecule has 4 rings (SSSR count). The Balaban J connectivity index is 1.64. The average molecular weight is 447 g/mol. The summed E-state index contributed by atoms with van der Waals surface area (Å²) in [5, 5.41) is 12.0. The third kappa shape index (κ3) is 3.44. The Morgan fingerprint density at radius 2 is 1.97 bits per heavy atom. The van der Waals surface area contributed by atoms with Crippen LogP contribution in [0.3, 0.4) is 0 Å². The number of carbonyl (C=O) groups is 2. The van der Waals surface area contributed by atoms with E-state index < -0.39 is 27.9 Å². The van der Waals surface area contributed by atoms with Crippen molar-refractivity contribution in [2.75, 3.05) is 11.9 Å². The second-order valence-corrected chi connectivity index (χ2v) is 9.32. The number of aromatic carboxylic acids is 1. The molecule has 1 saturated heterocycles. The van der Waals surface area contributed by atoms with Crippen LogP contribution in [0.2, 0.25) is 0 Å². The Hall–Kier alpha value is -2.89. The van der Waals surface area contributed by atoms with Gasteiger partial charge in [-0.15, -0.1) is 0 Å². The lowest BCUT2D eigenvalue weighted by atomic mass is 10.1. The number of fused-ring (bicyclic) bond motifs is 1. The van der Waals surface area contributed by atoms with Crippen LogP contribution >= 0.6 is 11.7 Å². The molecule has 9 nitrogen and oxygen atoms in total. The van der Waals surface area contributed by atoms with Crippen molar-refractivity contribution in [3.8, 4) is 0 Å². The van der Waals surface area contributed by atoms with Crippen molar-refractivity contribution in [1.29, 1.82) is 0 Å². The molecule has 1 atom stereocenters. The van der Waals surface area contributed by atoms with Crippen LogP contribution in [-0.4, -0.2) is 51.0 Å². The molecular weight excluding hydrogens is 428 g/mol. The third-order valence-electron chi connectivity index (χ3n) is 5.16. The Bertz CT molecular complexity index is 1250. The smallest absolute Gasteiger partial charge is 0.336 e. The van der Waals surface area contributed by atoms with E-state index in [2.05, 4.69) is 14.1 Å². The van der Waals surface area contributed by atoms with E-state index in [1.807, 2.05) is 0 Å². The molecule has 0 radical (unpaired) electrons. The molecule has 0 saturated carbocycles. The van der Waals surface area contributed by atoms with Crippen molar-refractivity contribution in [2.24, 2.45) is 0 Å². The number of carboxylic acids is 1. The molecule has 0 spiro atoms. The number of sulfonamides is 1. The number of rotatable bonds is 5. The standard InChI is InChI=1S/C19H18N4O5S2/c1-11-12(19(25)26)5-2-6-13(11)20-18(24)15-8-4-10-23(15)30(27,28)16-9-3-7-14-17(16)22-29-21-14/h2-3,5-7,9,15H,4,8,10H2,1H3,(H,20,24)(H,25,26)/t15-/m1/s1. The molecule has 1 aromatic heterocycles.